The van der Waals surface area contributed by atoms with Crippen LogP contribution in [0.4, 0.5) is 0 Å². The normalized spacial score (nSPS) is 10.5. The zero-order valence-electron chi connectivity index (χ0n) is 9.30. The van der Waals surface area contributed by atoms with E-state index >= 15 is 0 Å². The second-order valence-corrected chi connectivity index (χ2v) is 5.45. The number of carboxylic acid groups (broad SMARTS) is 1. The molecule has 0 unspecified atom stereocenters. The van der Waals surface area contributed by atoms with E-state index in [2.05, 4.69) is 9.97 Å². The molecule has 0 aromatic carbocycles. The number of aromatic carboxylic acids is 1. The van der Waals surface area contributed by atoms with Crippen molar-refractivity contribution in [3.63, 3.8) is 0 Å². The fourth-order valence-electron chi connectivity index (χ4n) is 1.34. The molecule has 0 fully saturated rings. The van der Waals surface area contributed by atoms with E-state index in [-0.39, 0.29) is 0 Å². The lowest BCUT2D eigenvalue weighted by Gasteiger charge is -2.00. The fraction of sp³-hybridized carbons (Fsp3) is 0.182. The van der Waals surface area contributed by atoms with Crippen molar-refractivity contribution in [2.75, 3.05) is 0 Å². The van der Waals surface area contributed by atoms with Gasteiger partial charge < -0.3 is 5.11 Å². The number of carbonyl (C=O) groups is 1. The largest absolute Gasteiger partial charge is 0.477 e. The van der Waals surface area contributed by atoms with Crippen LogP contribution >= 0.6 is 23.1 Å². The summed E-state index contributed by atoms with van der Waals surface area (Å²) in [7, 11) is 0. The van der Waals surface area contributed by atoms with E-state index in [1.54, 1.807) is 6.07 Å². The first-order valence-corrected chi connectivity index (χ1v) is 6.56. The van der Waals surface area contributed by atoms with Crippen LogP contribution in [0.5, 0.6) is 0 Å². The summed E-state index contributed by atoms with van der Waals surface area (Å²) in [5.41, 5.74) is 0.911. The molecule has 2 rings (SSSR count). The average Bonchev–Trinajstić information content (AvgIpc) is 2.64. The summed E-state index contributed by atoms with van der Waals surface area (Å²) in [6.07, 6.45) is 0. The van der Waals surface area contributed by atoms with Gasteiger partial charge in [-0.2, -0.15) is 0 Å². The molecule has 88 valence electrons. The van der Waals surface area contributed by atoms with Gasteiger partial charge in [0.15, 0.2) is 0 Å². The predicted molar refractivity (Wildman–Crippen MR) is 66.9 cm³/mol. The maximum absolute atomic E-state index is 10.8. The van der Waals surface area contributed by atoms with Crippen LogP contribution < -0.4 is 0 Å². The summed E-state index contributed by atoms with van der Waals surface area (Å²) >= 11 is 2.67. The molecule has 0 aliphatic rings. The van der Waals surface area contributed by atoms with Gasteiger partial charge in [-0.05, 0) is 26.0 Å². The minimum Gasteiger partial charge on any atom is -0.477 e. The molecular formula is C11H10N2O2S2. The summed E-state index contributed by atoms with van der Waals surface area (Å²) in [5.74, 6) is -0.168. The van der Waals surface area contributed by atoms with E-state index in [4.69, 9.17) is 5.11 Å². The third-order valence-electron chi connectivity index (χ3n) is 1.95. The van der Waals surface area contributed by atoms with Crippen molar-refractivity contribution in [1.82, 2.24) is 9.97 Å². The molecule has 4 nitrogen and oxygen atoms in total. The molecule has 17 heavy (non-hydrogen) atoms. The average molecular weight is 266 g/mol. The highest BCUT2D eigenvalue weighted by Crippen LogP contribution is 2.30. The van der Waals surface area contributed by atoms with Crippen LogP contribution in [-0.2, 0) is 0 Å². The van der Waals surface area contributed by atoms with E-state index in [9.17, 15) is 4.79 Å². The number of thiophene rings is 1. The van der Waals surface area contributed by atoms with E-state index in [1.807, 2.05) is 25.3 Å². The lowest BCUT2D eigenvalue weighted by molar-refractivity contribution is 0.0702. The Labute approximate surface area is 107 Å². The minimum atomic E-state index is -0.892. The number of aromatic nitrogens is 2. The Morgan fingerprint density at radius 1 is 1.35 bits per heavy atom. The molecule has 0 aliphatic carbocycles. The highest BCUT2D eigenvalue weighted by atomic mass is 32.2. The Hall–Kier alpha value is -1.40. The molecule has 0 saturated carbocycles. The minimum absolute atomic E-state index is 0.343. The van der Waals surface area contributed by atoms with E-state index in [0.717, 1.165) is 21.4 Å². The molecule has 6 heteroatoms. The fourth-order valence-corrected chi connectivity index (χ4v) is 3.18. The van der Waals surface area contributed by atoms with Gasteiger partial charge in [0.1, 0.15) is 15.7 Å². The quantitative estimate of drug-likeness (QED) is 0.865. The highest BCUT2D eigenvalue weighted by Gasteiger charge is 2.08. The Balaban J connectivity index is 2.22. The molecular weight excluding hydrogens is 256 g/mol. The smallest absolute Gasteiger partial charge is 0.345 e. The number of rotatable bonds is 3. The van der Waals surface area contributed by atoms with Crippen LogP contribution in [0.3, 0.4) is 0 Å². The summed E-state index contributed by atoms with van der Waals surface area (Å²) < 4.78 is 0. The van der Waals surface area contributed by atoms with Crippen LogP contribution in [-0.4, -0.2) is 21.0 Å². The molecule has 0 radical (unpaired) electrons. The summed E-state index contributed by atoms with van der Waals surface area (Å²) in [4.78, 5) is 20.5. The van der Waals surface area contributed by atoms with Gasteiger partial charge in [0.25, 0.3) is 0 Å². The number of nitrogens with zero attached hydrogens (tertiary/aromatic N) is 2. The number of hydrogen-bond acceptors (Lipinski definition) is 5. The van der Waals surface area contributed by atoms with E-state index in [1.165, 1.54) is 23.1 Å². The maximum Gasteiger partial charge on any atom is 0.345 e. The van der Waals surface area contributed by atoms with Gasteiger partial charge in [-0.25, -0.2) is 14.8 Å². The second kappa shape index (κ2) is 4.85. The Morgan fingerprint density at radius 2 is 2.12 bits per heavy atom. The van der Waals surface area contributed by atoms with Crippen molar-refractivity contribution in [2.24, 2.45) is 0 Å². The van der Waals surface area contributed by atoms with E-state index < -0.39 is 5.97 Å². The molecule has 0 bridgehead atoms. The zero-order valence-corrected chi connectivity index (χ0v) is 10.9. The first-order chi connectivity index (χ1) is 8.04. The van der Waals surface area contributed by atoms with Crippen LogP contribution in [0.2, 0.25) is 0 Å². The molecule has 1 N–H and O–H groups in total. The zero-order chi connectivity index (χ0) is 12.4. The molecule has 2 aromatic heterocycles. The van der Waals surface area contributed by atoms with Gasteiger partial charge in [0.2, 0.25) is 0 Å². The molecule has 0 spiro atoms. The van der Waals surface area contributed by atoms with Crippen molar-refractivity contribution in [3.8, 4) is 0 Å². The van der Waals surface area contributed by atoms with Gasteiger partial charge >= 0.3 is 5.97 Å². The van der Waals surface area contributed by atoms with Crippen molar-refractivity contribution in [1.29, 1.82) is 0 Å². The van der Waals surface area contributed by atoms with Crippen molar-refractivity contribution >= 4 is 29.1 Å². The van der Waals surface area contributed by atoms with Crippen LogP contribution in [0, 0.1) is 13.8 Å². The predicted octanol–water partition coefficient (Wildman–Crippen LogP) is 3.00. The second-order valence-electron chi connectivity index (χ2n) is 3.45. The van der Waals surface area contributed by atoms with Crippen molar-refractivity contribution < 1.29 is 9.90 Å². The van der Waals surface area contributed by atoms with Gasteiger partial charge in [-0.3, -0.25) is 0 Å². The third-order valence-corrected chi connectivity index (χ3v) is 3.91. The lowest BCUT2D eigenvalue weighted by atomic mass is 10.4. The summed E-state index contributed by atoms with van der Waals surface area (Å²) in [6, 6.07) is 3.54. The molecule has 2 heterocycles. The molecule has 0 saturated heterocycles. The number of carboxylic acids is 1. The Kier molecular flexibility index (Phi) is 3.44. The monoisotopic (exact) mass is 266 g/mol. The number of aryl methyl sites for hydroxylation is 2. The van der Waals surface area contributed by atoms with Gasteiger partial charge in [0.05, 0.1) is 0 Å². The van der Waals surface area contributed by atoms with E-state index in [0.29, 0.717) is 4.88 Å². The van der Waals surface area contributed by atoms with Crippen molar-refractivity contribution in [2.45, 2.75) is 23.8 Å². The Bertz CT molecular complexity index is 546. The molecule has 0 amide bonds. The highest BCUT2D eigenvalue weighted by molar-refractivity contribution is 7.99. The SMILES string of the molecule is Cc1cc(Sc2csc(C(=O)O)c2)nc(C)n1. The standard InChI is InChI=1S/C11H10N2O2S2/c1-6-3-10(13-7(2)12-6)17-8-4-9(11(14)15)16-5-8/h3-5H,1-2H3,(H,14,15). The molecule has 0 aliphatic heterocycles. The van der Waals surface area contributed by atoms with Gasteiger partial charge in [-0.15, -0.1) is 11.3 Å². The summed E-state index contributed by atoms with van der Waals surface area (Å²) in [5, 5.41) is 11.5. The maximum atomic E-state index is 10.8. The molecule has 0 atom stereocenters. The molecule has 2 aromatic rings. The Morgan fingerprint density at radius 3 is 2.71 bits per heavy atom. The van der Waals surface area contributed by atoms with Crippen LogP contribution in [0.1, 0.15) is 21.2 Å². The van der Waals surface area contributed by atoms with Crippen molar-refractivity contribution in [3.05, 3.63) is 33.9 Å². The van der Waals surface area contributed by atoms with Crippen LogP contribution in [0.15, 0.2) is 27.4 Å². The topological polar surface area (TPSA) is 63.1 Å². The first kappa shape index (κ1) is 12.1. The van der Waals surface area contributed by atoms with Gasteiger partial charge in [0, 0.05) is 16.0 Å². The third kappa shape index (κ3) is 3.04. The van der Waals surface area contributed by atoms with Crippen LogP contribution in [0.25, 0.3) is 0 Å². The van der Waals surface area contributed by atoms with Gasteiger partial charge in [-0.1, -0.05) is 11.8 Å². The lowest BCUT2D eigenvalue weighted by Crippen LogP contribution is -1.92. The summed E-state index contributed by atoms with van der Waals surface area (Å²) in [6.45, 7) is 3.75. The first-order valence-electron chi connectivity index (χ1n) is 4.86. The number of hydrogen-bond donors (Lipinski definition) is 1.